The van der Waals surface area contributed by atoms with Crippen LogP contribution >= 0.6 is 0 Å². The molecule has 2 fully saturated rings. The first kappa shape index (κ1) is 18.5. The van der Waals surface area contributed by atoms with Gasteiger partial charge in [-0.15, -0.1) is 15.3 Å². The summed E-state index contributed by atoms with van der Waals surface area (Å²) in [5, 5.41) is 11.3. The average Bonchev–Trinajstić information content (AvgIpc) is 3.24. The van der Waals surface area contributed by atoms with E-state index in [4.69, 9.17) is 0 Å². The van der Waals surface area contributed by atoms with Crippen LogP contribution in [0.1, 0.15) is 49.6 Å². The number of hydrogen-bond acceptors (Lipinski definition) is 5. The zero-order chi connectivity index (χ0) is 19.3. The smallest absolute Gasteiger partial charge is 0.355 e. The first-order valence-corrected chi connectivity index (χ1v) is 9.58. The topological polar surface area (TPSA) is 49.6 Å². The Bertz CT molecular complexity index is 838. The number of alkyl halides is 3. The van der Waals surface area contributed by atoms with E-state index in [1.807, 2.05) is 6.92 Å². The number of nitrogens with zero attached hydrogens (tertiary/aromatic N) is 6. The second kappa shape index (κ2) is 6.61. The lowest BCUT2D eigenvalue weighted by molar-refractivity contribution is -0.146. The highest BCUT2D eigenvalue weighted by molar-refractivity contribution is 5.59. The molecule has 0 aliphatic carbocycles. The van der Waals surface area contributed by atoms with Crippen molar-refractivity contribution >= 4 is 11.5 Å². The molecule has 1 unspecified atom stereocenters. The molecule has 0 radical (unpaired) electrons. The number of fused-ring (bicyclic) bond motifs is 1. The fourth-order valence-electron chi connectivity index (χ4n) is 4.50. The summed E-state index contributed by atoms with van der Waals surface area (Å²) < 4.78 is 40.6. The molecule has 2 saturated heterocycles. The molecule has 9 heteroatoms. The molecule has 2 aliphatic rings. The van der Waals surface area contributed by atoms with Crippen LogP contribution in [0, 0.1) is 13.8 Å². The van der Waals surface area contributed by atoms with E-state index in [1.54, 1.807) is 6.92 Å². The maximum atomic E-state index is 13.2. The van der Waals surface area contributed by atoms with E-state index in [0.29, 0.717) is 23.5 Å². The summed E-state index contributed by atoms with van der Waals surface area (Å²) in [6.45, 7) is 8.72. The van der Waals surface area contributed by atoms with Gasteiger partial charge in [0.1, 0.15) is 0 Å². The minimum atomic E-state index is -4.58. The Hall–Kier alpha value is -1.90. The number of aryl methyl sites for hydroxylation is 1. The molecule has 2 aromatic heterocycles. The highest BCUT2D eigenvalue weighted by atomic mass is 19.4. The summed E-state index contributed by atoms with van der Waals surface area (Å²) >= 11 is 0. The summed E-state index contributed by atoms with van der Waals surface area (Å²) in [6.07, 6.45) is -0.0473. The van der Waals surface area contributed by atoms with Gasteiger partial charge in [0.05, 0.1) is 0 Å². The van der Waals surface area contributed by atoms with E-state index in [-0.39, 0.29) is 5.65 Å². The van der Waals surface area contributed by atoms with Crippen LogP contribution in [0.25, 0.3) is 5.65 Å². The molecule has 0 aromatic carbocycles. The Morgan fingerprint density at radius 3 is 2.26 bits per heavy atom. The number of halogens is 3. The molecular formula is C18H25F3N6. The van der Waals surface area contributed by atoms with Gasteiger partial charge in [-0.1, -0.05) is 0 Å². The van der Waals surface area contributed by atoms with Gasteiger partial charge in [0.15, 0.2) is 11.5 Å². The summed E-state index contributed by atoms with van der Waals surface area (Å²) in [5.41, 5.74) is 1.74. The van der Waals surface area contributed by atoms with Gasteiger partial charge in [-0.25, -0.2) is 0 Å². The Labute approximate surface area is 156 Å². The van der Waals surface area contributed by atoms with Gasteiger partial charge in [0.25, 0.3) is 5.82 Å². The third-order valence-corrected chi connectivity index (χ3v) is 6.16. The largest absolute Gasteiger partial charge is 0.453 e. The van der Waals surface area contributed by atoms with E-state index >= 15 is 0 Å². The Morgan fingerprint density at radius 2 is 1.67 bits per heavy atom. The average molecular weight is 382 g/mol. The minimum Gasteiger partial charge on any atom is -0.355 e. The Balaban J connectivity index is 1.61. The van der Waals surface area contributed by atoms with Crippen molar-refractivity contribution < 1.29 is 13.2 Å². The fraction of sp³-hybridized carbons (Fsp3) is 0.722. The normalized spacial score (nSPS) is 22.9. The van der Waals surface area contributed by atoms with Crippen LogP contribution in [0.15, 0.2) is 0 Å². The van der Waals surface area contributed by atoms with Crippen molar-refractivity contribution in [1.82, 2.24) is 24.7 Å². The molecule has 2 aromatic rings. The SMILES string of the molecule is Cc1c(N2CCC(N3CCCC3C)CC2)nn2c(C(F)(F)F)nnc2c1C. The van der Waals surface area contributed by atoms with Crippen molar-refractivity contribution in [2.75, 3.05) is 24.5 Å². The standard InChI is InChI=1S/C18H25F3N6/c1-11-5-4-8-26(11)14-6-9-25(10-7-14)16-13(3)12(2)15-22-23-17(18(19,20)21)27(15)24-16/h11,14H,4-10H2,1-3H3. The monoisotopic (exact) mass is 382 g/mol. The first-order chi connectivity index (χ1) is 12.8. The molecular weight excluding hydrogens is 357 g/mol. The van der Waals surface area contributed by atoms with Gasteiger partial charge >= 0.3 is 6.18 Å². The second-order valence-corrected chi connectivity index (χ2v) is 7.78. The zero-order valence-electron chi connectivity index (χ0n) is 15.9. The summed E-state index contributed by atoms with van der Waals surface area (Å²) in [6, 6.07) is 1.19. The second-order valence-electron chi connectivity index (χ2n) is 7.78. The molecule has 0 spiro atoms. The van der Waals surface area contributed by atoms with Gasteiger partial charge in [-0.3, -0.25) is 4.90 Å². The highest BCUT2D eigenvalue weighted by Gasteiger charge is 2.39. The van der Waals surface area contributed by atoms with Crippen molar-refractivity contribution in [3.8, 4) is 0 Å². The van der Waals surface area contributed by atoms with Crippen molar-refractivity contribution in [2.24, 2.45) is 0 Å². The van der Waals surface area contributed by atoms with E-state index < -0.39 is 12.0 Å². The molecule has 1 atom stereocenters. The molecule has 2 aliphatic heterocycles. The van der Waals surface area contributed by atoms with Crippen LogP contribution in [0.4, 0.5) is 19.0 Å². The lowest BCUT2D eigenvalue weighted by Gasteiger charge is -2.39. The van der Waals surface area contributed by atoms with Crippen molar-refractivity contribution in [2.45, 2.75) is 64.7 Å². The predicted octanol–water partition coefficient (Wildman–Crippen LogP) is 3.21. The van der Waals surface area contributed by atoms with E-state index in [2.05, 4.69) is 32.0 Å². The van der Waals surface area contributed by atoms with Crippen LogP contribution < -0.4 is 4.90 Å². The van der Waals surface area contributed by atoms with Crippen LogP contribution in [0.3, 0.4) is 0 Å². The van der Waals surface area contributed by atoms with Gasteiger partial charge in [0.2, 0.25) is 0 Å². The third kappa shape index (κ3) is 3.15. The van der Waals surface area contributed by atoms with Crippen molar-refractivity contribution in [1.29, 1.82) is 0 Å². The van der Waals surface area contributed by atoms with Crippen LogP contribution in [-0.2, 0) is 6.18 Å². The molecule has 0 amide bonds. The fourth-order valence-corrected chi connectivity index (χ4v) is 4.50. The van der Waals surface area contributed by atoms with Gasteiger partial charge in [-0.05, 0) is 53.0 Å². The lowest BCUT2D eigenvalue weighted by atomic mass is 10.0. The first-order valence-electron chi connectivity index (χ1n) is 9.58. The summed E-state index contributed by atoms with van der Waals surface area (Å²) in [7, 11) is 0. The summed E-state index contributed by atoms with van der Waals surface area (Å²) in [5.74, 6) is -0.458. The molecule has 0 bridgehead atoms. The van der Waals surface area contributed by atoms with Crippen LogP contribution in [0.2, 0.25) is 0 Å². The number of hydrogen-bond donors (Lipinski definition) is 0. The van der Waals surface area contributed by atoms with E-state index in [9.17, 15) is 13.2 Å². The van der Waals surface area contributed by atoms with Crippen molar-refractivity contribution in [3.63, 3.8) is 0 Å². The zero-order valence-corrected chi connectivity index (χ0v) is 15.9. The molecule has 0 saturated carbocycles. The van der Waals surface area contributed by atoms with Gasteiger partial charge in [0, 0.05) is 36.3 Å². The molecule has 148 valence electrons. The lowest BCUT2D eigenvalue weighted by Crippen LogP contribution is -2.46. The van der Waals surface area contributed by atoms with Crippen LogP contribution in [-0.4, -0.2) is 56.4 Å². The maximum absolute atomic E-state index is 13.2. The number of piperidine rings is 1. The molecule has 27 heavy (non-hydrogen) atoms. The van der Waals surface area contributed by atoms with E-state index in [0.717, 1.165) is 42.6 Å². The Morgan fingerprint density at radius 1 is 0.963 bits per heavy atom. The minimum absolute atomic E-state index is 0.171. The molecule has 0 N–H and O–H groups in total. The quantitative estimate of drug-likeness (QED) is 0.798. The maximum Gasteiger partial charge on any atom is 0.453 e. The number of aromatic nitrogens is 4. The number of rotatable bonds is 2. The van der Waals surface area contributed by atoms with Crippen LogP contribution in [0.5, 0.6) is 0 Å². The van der Waals surface area contributed by atoms with Gasteiger partial charge in [-0.2, -0.15) is 17.7 Å². The molecule has 4 rings (SSSR count). The number of anilines is 1. The Kier molecular flexibility index (Phi) is 4.52. The van der Waals surface area contributed by atoms with Crippen molar-refractivity contribution in [3.05, 3.63) is 17.0 Å². The highest BCUT2D eigenvalue weighted by Crippen LogP contribution is 2.32. The molecule has 4 heterocycles. The number of likely N-dealkylation sites (tertiary alicyclic amines) is 1. The van der Waals surface area contributed by atoms with Gasteiger partial charge < -0.3 is 4.90 Å². The summed E-state index contributed by atoms with van der Waals surface area (Å²) in [4.78, 5) is 4.70. The third-order valence-electron chi connectivity index (χ3n) is 6.16. The predicted molar refractivity (Wildman–Crippen MR) is 95.9 cm³/mol. The van der Waals surface area contributed by atoms with E-state index in [1.165, 1.54) is 12.8 Å². The molecule has 6 nitrogen and oxygen atoms in total.